The summed E-state index contributed by atoms with van der Waals surface area (Å²) in [5.74, 6) is 3.06. The van der Waals surface area contributed by atoms with Gasteiger partial charge in [-0.1, -0.05) is 19.8 Å². The van der Waals surface area contributed by atoms with Gasteiger partial charge in [-0.3, -0.25) is 0 Å². The van der Waals surface area contributed by atoms with Gasteiger partial charge >= 0.3 is 0 Å². The van der Waals surface area contributed by atoms with Gasteiger partial charge in [-0.2, -0.15) is 0 Å². The van der Waals surface area contributed by atoms with Crippen LogP contribution in [0.15, 0.2) is 0 Å². The zero-order chi connectivity index (χ0) is 11.2. The van der Waals surface area contributed by atoms with Crippen molar-refractivity contribution < 1.29 is 0 Å². The van der Waals surface area contributed by atoms with Gasteiger partial charge in [0.1, 0.15) is 0 Å². The molecule has 0 aliphatic carbocycles. The van der Waals surface area contributed by atoms with Crippen LogP contribution in [0.3, 0.4) is 0 Å². The van der Waals surface area contributed by atoms with Gasteiger partial charge in [-0.25, -0.2) is 0 Å². The van der Waals surface area contributed by atoms with E-state index in [1.807, 2.05) is 0 Å². The predicted molar refractivity (Wildman–Crippen MR) is 69.6 cm³/mol. The highest BCUT2D eigenvalue weighted by Crippen LogP contribution is 2.36. The minimum Gasteiger partial charge on any atom is -0.317 e. The van der Waals surface area contributed by atoms with Crippen LogP contribution in [0.5, 0.6) is 0 Å². The highest BCUT2D eigenvalue weighted by Gasteiger charge is 2.30. The van der Waals surface area contributed by atoms with Crippen molar-refractivity contribution >= 4 is 0 Å². The van der Waals surface area contributed by atoms with Crippen LogP contribution in [0.2, 0.25) is 0 Å². The van der Waals surface area contributed by atoms with Gasteiger partial charge in [0.2, 0.25) is 0 Å². The van der Waals surface area contributed by atoms with Gasteiger partial charge in [0, 0.05) is 0 Å². The van der Waals surface area contributed by atoms with Crippen LogP contribution in [-0.4, -0.2) is 26.2 Å². The van der Waals surface area contributed by atoms with Crippen LogP contribution in [0.4, 0.5) is 0 Å². The number of rotatable bonds is 4. The van der Waals surface area contributed by atoms with Crippen molar-refractivity contribution in [3.8, 4) is 0 Å². The van der Waals surface area contributed by atoms with E-state index < -0.39 is 0 Å². The quantitative estimate of drug-likeness (QED) is 0.766. The molecule has 0 aromatic rings. The molecule has 0 amide bonds. The van der Waals surface area contributed by atoms with E-state index in [9.17, 15) is 0 Å². The van der Waals surface area contributed by atoms with E-state index in [0.29, 0.717) is 0 Å². The molecule has 0 atom stereocenters. The third-order valence-corrected chi connectivity index (χ3v) is 4.60. The zero-order valence-corrected chi connectivity index (χ0v) is 10.8. The van der Waals surface area contributed by atoms with E-state index in [1.165, 1.54) is 64.7 Å². The van der Waals surface area contributed by atoms with Gasteiger partial charge in [0.15, 0.2) is 0 Å². The maximum atomic E-state index is 3.50. The molecular weight excluding hydrogens is 196 g/mol. The van der Waals surface area contributed by atoms with Crippen molar-refractivity contribution in [2.75, 3.05) is 26.2 Å². The highest BCUT2D eigenvalue weighted by atomic mass is 14.9. The summed E-state index contributed by atoms with van der Waals surface area (Å²) in [6.07, 6.45) is 8.54. The van der Waals surface area contributed by atoms with Gasteiger partial charge in [-0.05, 0) is 69.6 Å². The number of piperidine rings is 2. The molecule has 2 N–H and O–H groups in total. The molecule has 0 radical (unpaired) electrons. The number of nitrogens with one attached hydrogen (secondary N) is 2. The van der Waals surface area contributed by atoms with Crippen molar-refractivity contribution in [2.45, 2.75) is 45.4 Å². The van der Waals surface area contributed by atoms with Crippen molar-refractivity contribution in [3.63, 3.8) is 0 Å². The van der Waals surface area contributed by atoms with Crippen molar-refractivity contribution in [1.29, 1.82) is 0 Å². The fraction of sp³-hybridized carbons (Fsp3) is 1.00. The first-order valence-electron chi connectivity index (χ1n) is 7.33. The first kappa shape index (κ1) is 12.4. The summed E-state index contributed by atoms with van der Waals surface area (Å²) < 4.78 is 0. The summed E-state index contributed by atoms with van der Waals surface area (Å²) in [6, 6.07) is 0. The topological polar surface area (TPSA) is 24.1 Å². The molecule has 2 saturated heterocycles. The Bertz CT molecular complexity index is 163. The van der Waals surface area contributed by atoms with Crippen molar-refractivity contribution in [2.24, 2.45) is 17.8 Å². The average molecular weight is 224 g/mol. The summed E-state index contributed by atoms with van der Waals surface area (Å²) in [5.41, 5.74) is 0. The largest absolute Gasteiger partial charge is 0.317 e. The second kappa shape index (κ2) is 6.61. The molecule has 2 aliphatic heterocycles. The molecular formula is C14H28N2. The Kier molecular flexibility index (Phi) is 5.11. The van der Waals surface area contributed by atoms with E-state index in [-0.39, 0.29) is 0 Å². The van der Waals surface area contributed by atoms with E-state index in [1.54, 1.807) is 0 Å². The lowest BCUT2D eigenvalue weighted by atomic mass is 9.71. The second-order valence-corrected chi connectivity index (χ2v) is 5.63. The minimum atomic E-state index is 1.02. The lowest BCUT2D eigenvalue weighted by molar-refractivity contribution is 0.144. The van der Waals surface area contributed by atoms with E-state index in [0.717, 1.165) is 17.8 Å². The Morgan fingerprint density at radius 2 is 1.31 bits per heavy atom. The maximum Gasteiger partial charge on any atom is -0.00462 e. The van der Waals surface area contributed by atoms with Gasteiger partial charge in [0.25, 0.3) is 0 Å². The molecule has 94 valence electrons. The molecule has 0 spiro atoms. The molecule has 0 bridgehead atoms. The molecule has 2 aliphatic rings. The fourth-order valence-electron chi connectivity index (χ4n) is 3.73. The Labute approximate surface area is 101 Å². The maximum absolute atomic E-state index is 3.50. The van der Waals surface area contributed by atoms with Crippen LogP contribution >= 0.6 is 0 Å². The number of hydrogen-bond acceptors (Lipinski definition) is 2. The molecule has 0 aromatic heterocycles. The van der Waals surface area contributed by atoms with Crippen LogP contribution < -0.4 is 10.6 Å². The SMILES string of the molecule is CCCC(C1CCNCC1)C1CCNCC1. The number of hydrogen-bond donors (Lipinski definition) is 2. The molecule has 2 fully saturated rings. The summed E-state index contributed by atoms with van der Waals surface area (Å²) in [5, 5.41) is 7.00. The molecule has 2 nitrogen and oxygen atoms in total. The fourth-order valence-corrected chi connectivity index (χ4v) is 3.73. The standard InChI is InChI=1S/C14H28N2/c1-2-3-14(12-4-8-15-9-5-12)13-6-10-16-11-7-13/h12-16H,2-11H2,1H3. The smallest absolute Gasteiger partial charge is 0.00462 e. The Hall–Kier alpha value is -0.0800. The summed E-state index contributed by atoms with van der Waals surface area (Å²) in [7, 11) is 0. The average Bonchev–Trinajstić information content (AvgIpc) is 2.38. The molecule has 2 heteroatoms. The van der Waals surface area contributed by atoms with Crippen LogP contribution in [0.1, 0.15) is 45.4 Å². The minimum absolute atomic E-state index is 1.02. The molecule has 2 heterocycles. The van der Waals surface area contributed by atoms with Crippen molar-refractivity contribution in [1.82, 2.24) is 10.6 Å². The van der Waals surface area contributed by atoms with E-state index in [4.69, 9.17) is 0 Å². The summed E-state index contributed by atoms with van der Waals surface area (Å²) in [6.45, 7) is 7.40. The predicted octanol–water partition coefficient (Wildman–Crippen LogP) is 2.40. The van der Waals surface area contributed by atoms with Gasteiger partial charge in [-0.15, -0.1) is 0 Å². The zero-order valence-electron chi connectivity index (χ0n) is 10.8. The monoisotopic (exact) mass is 224 g/mol. The molecule has 16 heavy (non-hydrogen) atoms. The normalized spacial score (nSPS) is 25.1. The molecule has 0 unspecified atom stereocenters. The summed E-state index contributed by atoms with van der Waals surface area (Å²) >= 11 is 0. The third kappa shape index (κ3) is 3.21. The first-order valence-corrected chi connectivity index (χ1v) is 7.33. The van der Waals surface area contributed by atoms with Crippen LogP contribution in [0, 0.1) is 17.8 Å². The Morgan fingerprint density at radius 3 is 1.69 bits per heavy atom. The van der Waals surface area contributed by atoms with Crippen LogP contribution in [0.25, 0.3) is 0 Å². The van der Waals surface area contributed by atoms with E-state index >= 15 is 0 Å². The first-order chi connectivity index (χ1) is 7.92. The Morgan fingerprint density at radius 1 is 0.875 bits per heavy atom. The molecule has 0 saturated carbocycles. The highest BCUT2D eigenvalue weighted by molar-refractivity contribution is 4.83. The Balaban J connectivity index is 1.91. The van der Waals surface area contributed by atoms with Gasteiger partial charge in [0.05, 0.1) is 0 Å². The van der Waals surface area contributed by atoms with Crippen LogP contribution in [-0.2, 0) is 0 Å². The molecule has 0 aromatic carbocycles. The third-order valence-electron chi connectivity index (χ3n) is 4.60. The second-order valence-electron chi connectivity index (χ2n) is 5.63. The lowest BCUT2D eigenvalue weighted by Crippen LogP contribution is -2.38. The van der Waals surface area contributed by atoms with Gasteiger partial charge < -0.3 is 10.6 Å². The lowest BCUT2D eigenvalue weighted by Gasteiger charge is -2.38. The van der Waals surface area contributed by atoms with Crippen molar-refractivity contribution in [3.05, 3.63) is 0 Å². The summed E-state index contributed by atoms with van der Waals surface area (Å²) in [4.78, 5) is 0. The van der Waals surface area contributed by atoms with E-state index in [2.05, 4.69) is 17.6 Å². The molecule has 2 rings (SSSR count).